The van der Waals surface area contributed by atoms with Gasteiger partial charge in [0.2, 0.25) is 5.91 Å². The van der Waals surface area contributed by atoms with E-state index in [1.54, 1.807) is 17.0 Å². The number of aromatic nitrogens is 1. The Balaban J connectivity index is 1.36. The third-order valence-electron chi connectivity index (χ3n) is 8.15. The van der Waals surface area contributed by atoms with Gasteiger partial charge in [-0.1, -0.05) is 11.3 Å². The molecule has 3 aromatic rings. The molecule has 0 saturated carbocycles. The lowest BCUT2D eigenvalue weighted by atomic mass is 9.80. The molecule has 1 fully saturated rings. The van der Waals surface area contributed by atoms with Crippen LogP contribution in [0.15, 0.2) is 24.3 Å². The monoisotopic (exact) mass is 603 g/mol. The van der Waals surface area contributed by atoms with E-state index in [9.17, 15) is 28.3 Å². The number of fused-ring (bicyclic) bond motifs is 2. The first kappa shape index (κ1) is 29.6. The molecule has 5 rings (SSSR count). The minimum atomic E-state index is -1.42. The zero-order chi connectivity index (χ0) is 30.4. The number of hydrogen-bond donors (Lipinski definition) is 1. The van der Waals surface area contributed by atoms with Crippen LogP contribution in [-0.2, 0) is 27.2 Å². The van der Waals surface area contributed by atoms with Gasteiger partial charge in [-0.25, -0.2) is 13.8 Å². The minimum absolute atomic E-state index is 0.0345. The van der Waals surface area contributed by atoms with Crippen LogP contribution in [0.3, 0.4) is 0 Å². The number of nitrogens with zero attached hydrogens (tertiary/aromatic N) is 4. The van der Waals surface area contributed by atoms with Crippen molar-refractivity contribution < 1.29 is 42.2 Å². The van der Waals surface area contributed by atoms with E-state index < -0.39 is 35.3 Å². The summed E-state index contributed by atoms with van der Waals surface area (Å²) in [6.07, 6.45) is -0.576. The molecule has 2 aromatic carbocycles. The number of benzene rings is 2. The van der Waals surface area contributed by atoms with Crippen LogP contribution in [0.25, 0.3) is 10.2 Å². The SMILES string of the molecule is COc1cc2sc(N(C)C(=O)C3(CC(=O)O)Cc4cc(F)c(F)cc4C3)nc2cc1OCC(=O)N1CC[N+](C)(C)CC1. The van der Waals surface area contributed by atoms with Gasteiger partial charge >= 0.3 is 5.97 Å². The van der Waals surface area contributed by atoms with E-state index in [1.807, 2.05) is 0 Å². The van der Waals surface area contributed by atoms with Crippen LogP contribution in [-0.4, -0.2) is 98.3 Å². The largest absolute Gasteiger partial charge is 0.493 e. The third kappa shape index (κ3) is 5.75. The Labute approximate surface area is 245 Å². The third-order valence-corrected chi connectivity index (χ3v) is 9.25. The summed E-state index contributed by atoms with van der Waals surface area (Å²) in [4.78, 5) is 46.1. The fourth-order valence-corrected chi connectivity index (χ4v) is 6.60. The van der Waals surface area contributed by atoms with E-state index in [1.165, 1.54) is 30.4 Å². The van der Waals surface area contributed by atoms with Crippen molar-refractivity contribution in [2.45, 2.75) is 19.3 Å². The molecule has 1 saturated heterocycles. The maximum atomic E-state index is 13.9. The molecule has 2 heterocycles. The van der Waals surface area contributed by atoms with Crippen molar-refractivity contribution in [2.24, 2.45) is 5.41 Å². The molecule has 1 aliphatic heterocycles. The molecular formula is C29H33F2N4O6S+. The Morgan fingerprint density at radius 1 is 1.07 bits per heavy atom. The number of aliphatic carboxylic acids is 1. The van der Waals surface area contributed by atoms with Gasteiger partial charge in [-0.3, -0.25) is 19.3 Å². The number of ether oxygens (including phenoxy) is 2. The summed E-state index contributed by atoms with van der Waals surface area (Å²) in [5.41, 5.74) is -0.0964. The predicted molar refractivity (Wildman–Crippen MR) is 152 cm³/mol. The first-order valence-corrected chi connectivity index (χ1v) is 14.3. The van der Waals surface area contributed by atoms with Crippen molar-refractivity contribution in [3.63, 3.8) is 0 Å². The Morgan fingerprint density at radius 2 is 1.69 bits per heavy atom. The van der Waals surface area contributed by atoms with Gasteiger partial charge < -0.3 is 24.0 Å². The Kier molecular flexibility index (Phi) is 7.84. The van der Waals surface area contributed by atoms with Crippen LogP contribution in [0.4, 0.5) is 13.9 Å². The van der Waals surface area contributed by atoms with Crippen molar-refractivity contribution >= 4 is 44.5 Å². The van der Waals surface area contributed by atoms with Crippen molar-refractivity contribution in [1.29, 1.82) is 0 Å². The summed E-state index contributed by atoms with van der Waals surface area (Å²) in [6.45, 7) is 2.87. The molecular weight excluding hydrogens is 570 g/mol. The van der Waals surface area contributed by atoms with Gasteiger partial charge in [0.25, 0.3) is 5.91 Å². The number of amides is 2. The molecule has 2 aliphatic rings. The number of carboxylic acids is 1. The maximum absolute atomic E-state index is 13.9. The fourth-order valence-electron chi connectivity index (χ4n) is 5.66. The van der Waals surface area contributed by atoms with Gasteiger partial charge in [0.1, 0.15) is 0 Å². The standard InChI is InChI=1S/C29H32F2N4O6S/c1-33(27(39)29(15-26(37)38)13-17-9-19(30)20(31)10-18(17)14-29)28-32-21-11-23(22(40-4)12-24(21)42-28)41-16-25(36)34-5-7-35(2,3)8-6-34/h9-12H,5-8,13-16H2,1-4H3/p+1. The molecule has 42 heavy (non-hydrogen) atoms. The highest BCUT2D eigenvalue weighted by molar-refractivity contribution is 7.22. The second kappa shape index (κ2) is 11.1. The number of hydrogen-bond acceptors (Lipinski definition) is 7. The van der Waals surface area contributed by atoms with E-state index in [4.69, 9.17) is 9.47 Å². The molecule has 0 bridgehead atoms. The lowest BCUT2D eigenvalue weighted by Gasteiger charge is -2.38. The number of quaternary nitrogens is 1. The van der Waals surface area contributed by atoms with Gasteiger partial charge in [0.05, 0.1) is 69.4 Å². The Bertz CT molecular complexity index is 1530. The topological polar surface area (TPSA) is 109 Å². The molecule has 224 valence electrons. The smallest absolute Gasteiger partial charge is 0.304 e. The zero-order valence-corrected chi connectivity index (χ0v) is 24.7. The first-order valence-electron chi connectivity index (χ1n) is 13.5. The highest BCUT2D eigenvalue weighted by atomic mass is 32.1. The molecule has 1 N–H and O–H groups in total. The van der Waals surface area contributed by atoms with Crippen molar-refractivity contribution in [2.75, 3.05) is 65.9 Å². The number of rotatable bonds is 8. The predicted octanol–water partition coefficient (Wildman–Crippen LogP) is 3.10. The summed E-state index contributed by atoms with van der Waals surface area (Å²) >= 11 is 1.20. The zero-order valence-electron chi connectivity index (χ0n) is 23.9. The van der Waals surface area contributed by atoms with Gasteiger partial charge in [0, 0.05) is 19.2 Å². The van der Waals surface area contributed by atoms with Crippen LogP contribution in [0, 0.1) is 17.0 Å². The second-order valence-corrected chi connectivity index (χ2v) is 12.6. The van der Waals surface area contributed by atoms with Crippen molar-refractivity contribution in [3.8, 4) is 11.5 Å². The summed E-state index contributed by atoms with van der Waals surface area (Å²) < 4.78 is 40.7. The van der Waals surface area contributed by atoms with Crippen LogP contribution >= 0.6 is 11.3 Å². The summed E-state index contributed by atoms with van der Waals surface area (Å²) in [7, 11) is 7.25. The summed E-state index contributed by atoms with van der Waals surface area (Å²) in [5, 5.41) is 9.94. The number of carboxylic acid groups (broad SMARTS) is 1. The molecule has 0 unspecified atom stereocenters. The molecule has 1 aliphatic carbocycles. The molecule has 0 radical (unpaired) electrons. The fraction of sp³-hybridized carbons (Fsp3) is 0.448. The number of methoxy groups -OCH3 is 1. The Hall–Kier alpha value is -3.84. The van der Waals surface area contributed by atoms with Gasteiger partial charge in [-0.15, -0.1) is 0 Å². The lowest BCUT2D eigenvalue weighted by molar-refractivity contribution is -0.894. The molecule has 0 spiro atoms. The van der Waals surface area contributed by atoms with E-state index in [0.29, 0.717) is 51.1 Å². The quantitative estimate of drug-likeness (QED) is 0.394. The number of anilines is 1. The van der Waals surface area contributed by atoms with E-state index >= 15 is 0 Å². The van der Waals surface area contributed by atoms with Crippen LogP contribution in [0.2, 0.25) is 0 Å². The number of carbonyl (C=O) groups excluding carboxylic acids is 2. The molecule has 1 aromatic heterocycles. The molecule has 2 amide bonds. The second-order valence-electron chi connectivity index (χ2n) is 11.6. The molecule has 0 atom stereocenters. The van der Waals surface area contributed by atoms with Crippen LogP contribution in [0.1, 0.15) is 17.5 Å². The van der Waals surface area contributed by atoms with Crippen LogP contribution in [0.5, 0.6) is 11.5 Å². The van der Waals surface area contributed by atoms with E-state index in [2.05, 4.69) is 19.1 Å². The van der Waals surface area contributed by atoms with Crippen LogP contribution < -0.4 is 14.4 Å². The van der Waals surface area contributed by atoms with E-state index in [-0.39, 0.29) is 25.4 Å². The first-order chi connectivity index (χ1) is 19.8. The lowest BCUT2D eigenvalue weighted by Crippen LogP contribution is -2.56. The number of halogens is 2. The maximum Gasteiger partial charge on any atom is 0.304 e. The molecule has 13 heteroatoms. The normalized spacial score (nSPS) is 17.1. The van der Waals surface area contributed by atoms with Crippen molar-refractivity contribution in [1.82, 2.24) is 9.88 Å². The Morgan fingerprint density at radius 3 is 2.26 bits per heavy atom. The van der Waals surface area contributed by atoms with E-state index in [0.717, 1.165) is 29.7 Å². The highest BCUT2D eigenvalue weighted by Gasteiger charge is 2.48. The van der Waals surface area contributed by atoms with Gasteiger partial charge in [0.15, 0.2) is 34.9 Å². The highest BCUT2D eigenvalue weighted by Crippen LogP contribution is 2.44. The molecule has 10 nitrogen and oxygen atoms in total. The number of carbonyl (C=O) groups is 3. The number of thiazole rings is 1. The average Bonchev–Trinajstić information content (AvgIpc) is 3.51. The van der Waals surface area contributed by atoms with Gasteiger partial charge in [-0.2, -0.15) is 0 Å². The summed E-state index contributed by atoms with van der Waals surface area (Å²) in [5.74, 6) is -3.19. The minimum Gasteiger partial charge on any atom is -0.493 e. The van der Waals surface area contributed by atoms with Crippen molar-refractivity contribution in [3.05, 3.63) is 47.0 Å². The average molecular weight is 604 g/mol. The number of piperazine rings is 1. The van der Waals surface area contributed by atoms with Gasteiger partial charge in [-0.05, 0) is 36.1 Å². The summed E-state index contributed by atoms with van der Waals surface area (Å²) in [6, 6.07) is 5.41. The number of likely N-dealkylation sites (N-methyl/N-ethyl adjacent to an activating group) is 1.